The van der Waals surface area contributed by atoms with Crippen LogP contribution in [0.2, 0.25) is 0 Å². The van der Waals surface area contributed by atoms with Crippen LogP contribution in [0, 0.1) is 0 Å². The number of carboxylic acid groups (broad SMARTS) is 2. The summed E-state index contributed by atoms with van der Waals surface area (Å²) >= 11 is 0. The standard InChI is InChI=1S/2C15H16O4.2Na/c2*1-2-3-4-9-5-6-10-11(7-9)13(16)8-12(14(10)17)15(18)19;;/h2*5-8,16-17H,2-4H2,1H3,(H,18,19);;/q;;2*+1/p-2. The fraction of sp³-hybridized carbons (Fsp3) is 0.267. The molecule has 40 heavy (non-hydrogen) atoms. The van der Waals surface area contributed by atoms with Crippen LogP contribution in [0.3, 0.4) is 0 Å². The number of rotatable bonds is 8. The van der Waals surface area contributed by atoms with E-state index < -0.39 is 34.6 Å². The van der Waals surface area contributed by atoms with E-state index in [1.54, 1.807) is 24.3 Å². The third-order valence-electron chi connectivity index (χ3n) is 6.36. The Kier molecular flexibility index (Phi) is 14.3. The molecule has 0 heterocycles. The molecule has 0 fully saturated rings. The third-order valence-corrected chi connectivity index (χ3v) is 6.36. The van der Waals surface area contributed by atoms with Crippen molar-refractivity contribution in [2.75, 3.05) is 0 Å². The van der Waals surface area contributed by atoms with Gasteiger partial charge in [-0.2, -0.15) is 0 Å². The van der Waals surface area contributed by atoms with Crippen LogP contribution in [-0.2, 0) is 12.8 Å². The SMILES string of the molecule is CCCCc1ccc2c([O-])c(C(=O)O)cc(O)c2c1.CCCCc1ccc2c([O-])c(C(=O)O)cc(O)c2c1.[Na+].[Na+]. The number of phenolic OH excluding ortho intramolecular Hbond substituents is 2. The van der Waals surface area contributed by atoms with Crippen LogP contribution in [0.1, 0.15) is 71.4 Å². The summed E-state index contributed by atoms with van der Waals surface area (Å²) in [6.45, 7) is 4.18. The molecular formula is C30H30Na2O8. The third kappa shape index (κ3) is 8.28. The molecule has 4 N–H and O–H groups in total. The summed E-state index contributed by atoms with van der Waals surface area (Å²) in [5.74, 6) is -4.07. The summed E-state index contributed by atoms with van der Waals surface area (Å²) < 4.78 is 0. The van der Waals surface area contributed by atoms with Gasteiger partial charge in [-0.25, -0.2) is 9.59 Å². The van der Waals surface area contributed by atoms with Gasteiger partial charge >= 0.3 is 71.1 Å². The largest absolute Gasteiger partial charge is 1.00 e. The first-order valence-electron chi connectivity index (χ1n) is 12.5. The van der Waals surface area contributed by atoms with Crippen molar-refractivity contribution < 1.29 is 99.3 Å². The van der Waals surface area contributed by atoms with Crippen LogP contribution in [0.15, 0.2) is 48.5 Å². The monoisotopic (exact) mass is 564 g/mol. The normalized spacial score (nSPS) is 10.2. The molecule has 0 atom stereocenters. The summed E-state index contributed by atoms with van der Waals surface area (Å²) in [5.41, 5.74) is 1.27. The molecule has 0 bridgehead atoms. The number of unbranched alkanes of at least 4 members (excludes halogenated alkanes) is 2. The molecule has 0 aliphatic heterocycles. The Morgan fingerprint density at radius 1 is 0.625 bits per heavy atom. The van der Waals surface area contributed by atoms with Gasteiger partial charge in [-0.05, 0) is 71.8 Å². The minimum Gasteiger partial charge on any atom is -0.871 e. The summed E-state index contributed by atoms with van der Waals surface area (Å²) in [5, 5.41) is 62.8. The van der Waals surface area contributed by atoms with Gasteiger partial charge in [0.2, 0.25) is 0 Å². The van der Waals surface area contributed by atoms with Crippen LogP contribution in [0.5, 0.6) is 23.0 Å². The van der Waals surface area contributed by atoms with E-state index in [2.05, 4.69) is 13.8 Å². The summed E-state index contributed by atoms with van der Waals surface area (Å²) in [6, 6.07) is 12.4. The maximum Gasteiger partial charge on any atom is 1.00 e. The van der Waals surface area contributed by atoms with Crippen LogP contribution in [0.25, 0.3) is 21.5 Å². The maximum absolute atomic E-state index is 12.0. The van der Waals surface area contributed by atoms with E-state index in [4.69, 9.17) is 10.2 Å². The number of aromatic hydroxyl groups is 2. The van der Waals surface area contributed by atoms with E-state index in [0.717, 1.165) is 61.8 Å². The van der Waals surface area contributed by atoms with Gasteiger partial charge in [0.25, 0.3) is 0 Å². The number of carboxylic acids is 2. The van der Waals surface area contributed by atoms with E-state index in [0.29, 0.717) is 10.8 Å². The predicted octanol–water partition coefficient (Wildman–Crippen LogP) is -0.672. The number of benzene rings is 4. The molecule has 8 nitrogen and oxygen atoms in total. The van der Waals surface area contributed by atoms with Crippen molar-refractivity contribution in [1.29, 1.82) is 0 Å². The summed E-state index contributed by atoms with van der Waals surface area (Å²) in [7, 11) is 0. The fourth-order valence-corrected chi connectivity index (χ4v) is 4.24. The molecule has 0 saturated heterocycles. The zero-order chi connectivity index (χ0) is 28.0. The molecule has 0 amide bonds. The van der Waals surface area contributed by atoms with Gasteiger partial charge in [0.05, 0.1) is 11.1 Å². The second-order valence-corrected chi connectivity index (χ2v) is 9.12. The number of phenols is 2. The van der Waals surface area contributed by atoms with Crippen molar-refractivity contribution in [3.63, 3.8) is 0 Å². The first kappa shape index (κ1) is 35.6. The molecule has 0 unspecified atom stereocenters. The Labute approximate surface area is 276 Å². The molecule has 0 radical (unpaired) electrons. The minimum absolute atomic E-state index is 0. The molecule has 200 valence electrons. The van der Waals surface area contributed by atoms with Crippen molar-refractivity contribution >= 4 is 33.5 Å². The molecule has 0 aromatic heterocycles. The van der Waals surface area contributed by atoms with Gasteiger partial charge < -0.3 is 30.6 Å². The zero-order valence-electron chi connectivity index (χ0n) is 23.3. The Morgan fingerprint density at radius 3 is 1.27 bits per heavy atom. The number of hydrogen-bond donors (Lipinski definition) is 4. The molecule has 0 aliphatic carbocycles. The number of aromatic carboxylic acids is 2. The number of fused-ring (bicyclic) bond motifs is 2. The van der Waals surface area contributed by atoms with E-state index in [1.165, 1.54) is 0 Å². The van der Waals surface area contributed by atoms with Gasteiger partial charge in [-0.3, -0.25) is 0 Å². The average Bonchev–Trinajstić information content (AvgIpc) is 2.90. The molecule has 0 aliphatic rings. The number of carbonyl (C=O) groups is 2. The zero-order valence-corrected chi connectivity index (χ0v) is 27.3. The molecule has 4 aromatic carbocycles. The second kappa shape index (κ2) is 16.1. The number of hydrogen-bond acceptors (Lipinski definition) is 6. The molecule has 4 rings (SSSR count). The Morgan fingerprint density at radius 2 is 0.975 bits per heavy atom. The quantitative estimate of drug-likeness (QED) is 0.205. The van der Waals surface area contributed by atoms with Crippen molar-refractivity contribution in [3.8, 4) is 23.0 Å². The first-order valence-corrected chi connectivity index (χ1v) is 12.5. The molecule has 0 saturated carbocycles. The molecule has 10 heteroatoms. The van der Waals surface area contributed by atoms with Gasteiger partial charge in [-0.15, -0.1) is 0 Å². The molecular weight excluding hydrogens is 534 g/mol. The van der Waals surface area contributed by atoms with Crippen molar-refractivity contribution in [1.82, 2.24) is 0 Å². The van der Waals surface area contributed by atoms with Crippen LogP contribution in [0.4, 0.5) is 0 Å². The maximum atomic E-state index is 12.0. The number of aryl methyl sites for hydroxylation is 2. The smallest absolute Gasteiger partial charge is 0.871 e. The summed E-state index contributed by atoms with van der Waals surface area (Å²) in [6.07, 6.45) is 5.94. The van der Waals surface area contributed by atoms with Gasteiger partial charge in [0, 0.05) is 10.8 Å². The Hall–Kier alpha value is -2.46. The van der Waals surface area contributed by atoms with Crippen LogP contribution >= 0.6 is 0 Å². The second-order valence-electron chi connectivity index (χ2n) is 9.12. The van der Waals surface area contributed by atoms with Gasteiger partial charge in [-0.1, -0.05) is 62.5 Å². The van der Waals surface area contributed by atoms with E-state index >= 15 is 0 Å². The van der Waals surface area contributed by atoms with Crippen molar-refractivity contribution in [3.05, 3.63) is 70.8 Å². The fourth-order valence-electron chi connectivity index (χ4n) is 4.24. The predicted molar refractivity (Wildman–Crippen MR) is 141 cm³/mol. The van der Waals surface area contributed by atoms with Crippen LogP contribution in [-0.4, -0.2) is 32.4 Å². The van der Waals surface area contributed by atoms with E-state index in [-0.39, 0.29) is 81.4 Å². The Balaban J connectivity index is 0.000000381. The van der Waals surface area contributed by atoms with Crippen molar-refractivity contribution in [2.45, 2.75) is 52.4 Å². The van der Waals surface area contributed by atoms with Gasteiger partial charge in [0.15, 0.2) is 0 Å². The first-order chi connectivity index (χ1) is 18.1. The molecule has 4 aromatic rings. The average molecular weight is 565 g/mol. The van der Waals surface area contributed by atoms with Crippen molar-refractivity contribution in [2.24, 2.45) is 0 Å². The topological polar surface area (TPSA) is 161 Å². The van der Waals surface area contributed by atoms with E-state index in [9.17, 15) is 30.0 Å². The van der Waals surface area contributed by atoms with E-state index in [1.807, 2.05) is 12.1 Å². The molecule has 0 spiro atoms. The minimum atomic E-state index is -1.32. The van der Waals surface area contributed by atoms with Gasteiger partial charge in [0.1, 0.15) is 11.5 Å². The van der Waals surface area contributed by atoms with Crippen LogP contribution < -0.4 is 69.3 Å². The summed E-state index contributed by atoms with van der Waals surface area (Å²) in [4.78, 5) is 21.8. The Bertz CT molecular complexity index is 1390.